The van der Waals surface area contributed by atoms with Gasteiger partial charge in [-0.05, 0) is 25.2 Å². The molecule has 0 saturated carbocycles. The standard InChI is InChI=1S/C14H22ClN3O2/c1-10(2)9-18-14(19)13(15)12(8-17-18)16-6-5-11-4-3-7-20-11/h8,10-11,16H,3-7,9H2,1-2H3. The molecule has 6 heteroatoms. The summed E-state index contributed by atoms with van der Waals surface area (Å²) in [4.78, 5) is 12.0. The summed E-state index contributed by atoms with van der Waals surface area (Å²) in [5.41, 5.74) is 0.372. The quantitative estimate of drug-likeness (QED) is 0.877. The molecule has 1 aromatic heterocycles. The third-order valence-electron chi connectivity index (χ3n) is 3.33. The van der Waals surface area contributed by atoms with E-state index < -0.39 is 0 Å². The lowest BCUT2D eigenvalue weighted by atomic mass is 10.2. The number of hydrogen-bond donors (Lipinski definition) is 1. The Morgan fingerprint density at radius 2 is 2.40 bits per heavy atom. The predicted molar refractivity (Wildman–Crippen MR) is 80.4 cm³/mol. The topological polar surface area (TPSA) is 56.1 Å². The number of aromatic nitrogens is 2. The minimum atomic E-state index is -0.234. The molecule has 1 aromatic rings. The molecule has 112 valence electrons. The van der Waals surface area contributed by atoms with Crippen LogP contribution in [-0.4, -0.2) is 29.0 Å². The molecule has 0 aliphatic carbocycles. The summed E-state index contributed by atoms with van der Waals surface area (Å²) in [6.45, 7) is 6.25. The molecular weight excluding hydrogens is 278 g/mol. The van der Waals surface area contributed by atoms with E-state index in [1.54, 1.807) is 6.20 Å². The van der Waals surface area contributed by atoms with E-state index in [9.17, 15) is 4.79 Å². The zero-order valence-electron chi connectivity index (χ0n) is 12.1. The van der Waals surface area contributed by atoms with E-state index in [1.807, 2.05) is 13.8 Å². The first-order chi connectivity index (χ1) is 9.58. The molecule has 1 aliphatic heterocycles. The lowest BCUT2D eigenvalue weighted by Gasteiger charge is -2.13. The molecule has 20 heavy (non-hydrogen) atoms. The van der Waals surface area contributed by atoms with Gasteiger partial charge in [-0.1, -0.05) is 25.4 Å². The van der Waals surface area contributed by atoms with Crippen molar-refractivity contribution in [3.8, 4) is 0 Å². The first-order valence-electron chi connectivity index (χ1n) is 7.19. The number of rotatable bonds is 6. The fourth-order valence-electron chi connectivity index (χ4n) is 2.30. The summed E-state index contributed by atoms with van der Waals surface area (Å²) in [5.74, 6) is 0.356. The summed E-state index contributed by atoms with van der Waals surface area (Å²) in [7, 11) is 0. The lowest BCUT2D eigenvalue weighted by molar-refractivity contribution is 0.107. The minimum Gasteiger partial charge on any atom is -0.382 e. The number of hydrogen-bond acceptors (Lipinski definition) is 4. The van der Waals surface area contributed by atoms with Gasteiger partial charge in [-0.3, -0.25) is 4.79 Å². The van der Waals surface area contributed by atoms with E-state index in [-0.39, 0.29) is 10.6 Å². The van der Waals surface area contributed by atoms with Crippen molar-refractivity contribution in [2.45, 2.75) is 45.8 Å². The van der Waals surface area contributed by atoms with E-state index >= 15 is 0 Å². The summed E-state index contributed by atoms with van der Waals surface area (Å²) in [6, 6.07) is 0. The van der Waals surface area contributed by atoms with Gasteiger partial charge in [0, 0.05) is 19.7 Å². The lowest BCUT2D eigenvalue weighted by Crippen LogP contribution is -2.26. The Morgan fingerprint density at radius 3 is 3.05 bits per heavy atom. The highest BCUT2D eigenvalue weighted by Crippen LogP contribution is 2.18. The molecule has 1 unspecified atom stereocenters. The predicted octanol–water partition coefficient (Wildman–Crippen LogP) is 2.53. The molecule has 2 heterocycles. The molecule has 1 saturated heterocycles. The first-order valence-corrected chi connectivity index (χ1v) is 7.57. The summed E-state index contributed by atoms with van der Waals surface area (Å²) in [5, 5.41) is 7.54. The van der Waals surface area contributed by atoms with Crippen LogP contribution in [0.5, 0.6) is 0 Å². The average molecular weight is 300 g/mol. The largest absolute Gasteiger partial charge is 0.382 e. The van der Waals surface area contributed by atoms with E-state index in [2.05, 4.69) is 10.4 Å². The SMILES string of the molecule is CC(C)Cn1ncc(NCCC2CCCO2)c(Cl)c1=O. The smallest absolute Gasteiger partial charge is 0.287 e. The van der Waals surface area contributed by atoms with Crippen LogP contribution in [-0.2, 0) is 11.3 Å². The highest BCUT2D eigenvalue weighted by atomic mass is 35.5. The Balaban J connectivity index is 1.94. The first kappa shape index (κ1) is 15.3. The molecule has 0 aromatic carbocycles. The number of nitrogens with zero attached hydrogens (tertiary/aromatic N) is 2. The van der Waals surface area contributed by atoms with Gasteiger partial charge in [0.1, 0.15) is 5.02 Å². The molecule has 0 bridgehead atoms. The van der Waals surface area contributed by atoms with E-state index in [4.69, 9.17) is 16.3 Å². The zero-order chi connectivity index (χ0) is 14.5. The Kier molecular flexibility index (Phi) is 5.43. The maximum absolute atomic E-state index is 12.0. The molecular formula is C14H22ClN3O2. The van der Waals surface area contributed by atoms with E-state index in [0.717, 1.165) is 32.4 Å². The summed E-state index contributed by atoms with van der Waals surface area (Å²) < 4.78 is 6.97. The van der Waals surface area contributed by atoms with Crippen LogP contribution in [0.15, 0.2) is 11.0 Å². The van der Waals surface area contributed by atoms with E-state index in [1.165, 1.54) is 4.68 Å². The zero-order valence-corrected chi connectivity index (χ0v) is 12.8. The van der Waals surface area contributed by atoms with Crippen molar-refractivity contribution < 1.29 is 4.74 Å². The van der Waals surface area contributed by atoms with Gasteiger partial charge in [-0.25, -0.2) is 4.68 Å². The maximum Gasteiger partial charge on any atom is 0.287 e. The second-order valence-corrected chi connectivity index (χ2v) is 5.98. The van der Waals surface area contributed by atoms with Crippen LogP contribution in [0, 0.1) is 5.92 Å². The van der Waals surface area contributed by atoms with E-state index in [0.29, 0.717) is 24.3 Å². The summed E-state index contributed by atoms with van der Waals surface area (Å²) in [6.07, 6.45) is 5.13. The Labute approximate surface area is 124 Å². The number of nitrogens with one attached hydrogen (secondary N) is 1. The number of anilines is 1. The fourth-order valence-corrected chi connectivity index (χ4v) is 2.52. The number of ether oxygens (including phenoxy) is 1. The Bertz CT molecular complexity index is 496. The molecule has 0 amide bonds. The summed E-state index contributed by atoms with van der Waals surface area (Å²) >= 11 is 6.11. The van der Waals surface area contributed by atoms with Gasteiger partial charge in [0.2, 0.25) is 0 Å². The van der Waals surface area contributed by atoms with Crippen LogP contribution in [0.25, 0.3) is 0 Å². The maximum atomic E-state index is 12.0. The monoisotopic (exact) mass is 299 g/mol. The van der Waals surface area contributed by atoms with Crippen molar-refractivity contribution >= 4 is 17.3 Å². The Morgan fingerprint density at radius 1 is 1.60 bits per heavy atom. The van der Waals surface area contributed by atoms with Gasteiger partial charge in [-0.15, -0.1) is 0 Å². The van der Waals surface area contributed by atoms with Crippen molar-refractivity contribution in [2.24, 2.45) is 5.92 Å². The van der Waals surface area contributed by atoms with Crippen molar-refractivity contribution in [1.82, 2.24) is 9.78 Å². The Hall–Kier alpha value is -1.07. The van der Waals surface area contributed by atoms with Crippen LogP contribution in [0.4, 0.5) is 5.69 Å². The molecule has 1 fully saturated rings. The average Bonchev–Trinajstić information content (AvgIpc) is 2.90. The van der Waals surface area contributed by atoms with Gasteiger partial charge >= 0.3 is 0 Å². The van der Waals surface area contributed by atoms with Crippen molar-refractivity contribution in [1.29, 1.82) is 0 Å². The normalized spacial score (nSPS) is 18.7. The molecule has 0 spiro atoms. The van der Waals surface area contributed by atoms with Gasteiger partial charge in [0.25, 0.3) is 5.56 Å². The van der Waals surface area contributed by atoms with Gasteiger partial charge in [0.05, 0.1) is 18.0 Å². The van der Waals surface area contributed by atoms with Gasteiger partial charge in [-0.2, -0.15) is 5.10 Å². The molecule has 5 nitrogen and oxygen atoms in total. The molecule has 1 N–H and O–H groups in total. The molecule has 0 radical (unpaired) electrons. The van der Waals surface area contributed by atoms with Crippen LogP contribution >= 0.6 is 11.6 Å². The van der Waals surface area contributed by atoms with Crippen molar-refractivity contribution in [3.63, 3.8) is 0 Å². The third-order valence-corrected chi connectivity index (χ3v) is 3.69. The fraction of sp³-hybridized carbons (Fsp3) is 0.714. The second kappa shape index (κ2) is 7.09. The number of halogens is 1. The van der Waals surface area contributed by atoms with Crippen LogP contribution in [0.1, 0.15) is 33.1 Å². The van der Waals surface area contributed by atoms with Crippen LogP contribution < -0.4 is 10.9 Å². The minimum absolute atomic E-state index is 0.216. The molecule has 2 rings (SSSR count). The molecule has 1 aliphatic rings. The highest BCUT2D eigenvalue weighted by molar-refractivity contribution is 6.32. The van der Waals surface area contributed by atoms with Crippen LogP contribution in [0.2, 0.25) is 5.02 Å². The third kappa shape index (κ3) is 3.96. The highest BCUT2D eigenvalue weighted by Gasteiger charge is 2.15. The van der Waals surface area contributed by atoms with Crippen molar-refractivity contribution in [3.05, 3.63) is 21.6 Å². The van der Waals surface area contributed by atoms with Crippen molar-refractivity contribution in [2.75, 3.05) is 18.5 Å². The van der Waals surface area contributed by atoms with Gasteiger partial charge in [0.15, 0.2) is 0 Å². The van der Waals surface area contributed by atoms with Crippen LogP contribution in [0.3, 0.4) is 0 Å². The van der Waals surface area contributed by atoms with Gasteiger partial charge < -0.3 is 10.1 Å². The molecule has 1 atom stereocenters. The second-order valence-electron chi connectivity index (χ2n) is 5.60.